The molecule has 346 valence electrons. The van der Waals surface area contributed by atoms with Gasteiger partial charge in [0.15, 0.2) is 11.2 Å². The second kappa shape index (κ2) is 21.9. The van der Waals surface area contributed by atoms with Gasteiger partial charge in [-0.25, -0.2) is 0 Å². The van der Waals surface area contributed by atoms with E-state index in [2.05, 4.69) is 12.6 Å². The second-order valence-electron chi connectivity index (χ2n) is 16.2. The minimum Gasteiger partial charge on any atom is -0.493 e. The standard InChI is InChI=1S/C50H52ClN3O12/c1-5-63-44-28-46-39(26-38(44)32-22-31(29-52)23-33(24-32)53(3)4)42(56)27-45(66-46)36-11-10-35(25-40(36)51)64-19-17-61-15-13-60-14-16-62-18-20-65-43-8-6-7-37-47(43)50(59)54(49(37)58)41-12-9-34(55)21-30(2)48(41)57/h10-11,22-28,41,43H,2,5-9,12-21H2,1,3-4H3. The predicted octanol–water partition coefficient (Wildman–Crippen LogP) is 7.03. The molecule has 15 nitrogen and oxygen atoms in total. The molecule has 0 radical (unpaired) electrons. The van der Waals surface area contributed by atoms with E-state index < -0.39 is 29.7 Å². The van der Waals surface area contributed by atoms with Crippen molar-refractivity contribution in [3.8, 4) is 40.0 Å². The normalized spacial score (nSPS) is 17.6. The molecule has 0 saturated heterocycles. The van der Waals surface area contributed by atoms with Crippen molar-refractivity contribution in [2.45, 2.75) is 57.6 Å². The van der Waals surface area contributed by atoms with Crippen molar-refractivity contribution in [3.63, 3.8) is 0 Å². The minimum absolute atomic E-state index is 0.0591. The number of Topliss-reactive ketones (excluding diaryl/α,β-unsaturated/α-hetero) is 2. The lowest BCUT2D eigenvalue weighted by molar-refractivity contribution is -0.145. The summed E-state index contributed by atoms with van der Waals surface area (Å²) in [6.45, 7) is 8.28. The summed E-state index contributed by atoms with van der Waals surface area (Å²) in [5, 5.41) is 10.3. The van der Waals surface area contributed by atoms with Gasteiger partial charge in [0.25, 0.3) is 11.8 Å². The van der Waals surface area contributed by atoms with Crippen LogP contribution < -0.4 is 19.8 Å². The number of fused-ring (bicyclic) bond motifs is 1. The first-order valence-corrected chi connectivity index (χ1v) is 22.4. The molecule has 1 aromatic heterocycles. The third-order valence-electron chi connectivity index (χ3n) is 11.5. The molecule has 2 amide bonds. The minimum atomic E-state index is -1.02. The van der Waals surface area contributed by atoms with E-state index in [9.17, 15) is 29.2 Å². The van der Waals surface area contributed by atoms with Crippen LogP contribution in [-0.4, -0.2) is 114 Å². The molecule has 3 aliphatic rings. The summed E-state index contributed by atoms with van der Waals surface area (Å²) in [6, 6.07) is 16.6. The van der Waals surface area contributed by atoms with Gasteiger partial charge >= 0.3 is 0 Å². The fraction of sp³-hybridized carbons (Fsp3) is 0.400. The van der Waals surface area contributed by atoms with Crippen LogP contribution in [0.3, 0.4) is 0 Å². The van der Waals surface area contributed by atoms with E-state index in [1.54, 1.807) is 42.5 Å². The Kier molecular flexibility index (Phi) is 15.9. The molecular weight excluding hydrogens is 870 g/mol. The van der Waals surface area contributed by atoms with Crippen LogP contribution in [0.1, 0.15) is 51.0 Å². The second-order valence-corrected chi connectivity index (χ2v) is 16.6. The summed E-state index contributed by atoms with van der Waals surface area (Å²) in [5.74, 6) is -0.266. The van der Waals surface area contributed by atoms with E-state index in [4.69, 9.17) is 44.4 Å². The number of halogens is 1. The zero-order valence-corrected chi connectivity index (χ0v) is 38.0. The molecule has 66 heavy (non-hydrogen) atoms. The van der Waals surface area contributed by atoms with Gasteiger partial charge in [-0.2, -0.15) is 5.26 Å². The first-order chi connectivity index (χ1) is 31.9. The molecule has 2 unspecified atom stereocenters. The van der Waals surface area contributed by atoms with Gasteiger partial charge in [0.2, 0.25) is 0 Å². The summed E-state index contributed by atoms with van der Waals surface area (Å²) in [6.07, 6.45) is 1.24. The van der Waals surface area contributed by atoms with Gasteiger partial charge in [0, 0.05) is 61.5 Å². The maximum atomic E-state index is 13.5. The number of nitrogens with zero attached hydrogens (tertiary/aromatic N) is 3. The number of ether oxygens (including phenoxy) is 6. The number of imide groups is 1. The Bertz CT molecular complexity index is 2670. The lowest BCUT2D eigenvalue weighted by Crippen LogP contribution is -2.46. The molecule has 0 spiro atoms. The van der Waals surface area contributed by atoms with Crippen molar-refractivity contribution in [3.05, 3.63) is 98.7 Å². The third kappa shape index (κ3) is 10.9. The molecule has 16 heteroatoms. The van der Waals surface area contributed by atoms with Crippen LogP contribution in [0.25, 0.3) is 33.4 Å². The highest BCUT2D eigenvalue weighted by Crippen LogP contribution is 2.40. The molecule has 1 aliphatic heterocycles. The summed E-state index contributed by atoms with van der Waals surface area (Å²) in [5.41, 5.74) is 4.10. The smallest absolute Gasteiger partial charge is 0.260 e. The van der Waals surface area contributed by atoms with Crippen molar-refractivity contribution in [2.24, 2.45) is 0 Å². The molecule has 1 saturated carbocycles. The first kappa shape index (κ1) is 47.8. The number of benzene rings is 3. The zero-order valence-electron chi connectivity index (χ0n) is 37.3. The van der Waals surface area contributed by atoms with Gasteiger partial charge in [-0.05, 0) is 86.2 Å². The monoisotopic (exact) mass is 921 g/mol. The van der Waals surface area contributed by atoms with E-state index in [0.717, 1.165) is 16.2 Å². The van der Waals surface area contributed by atoms with E-state index >= 15 is 0 Å². The number of carbonyl (C=O) groups excluding carboxylic acids is 4. The Hall–Kier alpha value is -6.15. The number of hydrogen-bond donors (Lipinski definition) is 0. The molecule has 0 N–H and O–H groups in total. The van der Waals surface area contributed by atoms with Gasteiger partial charge in [-0.3, -0.25) is 28.9 Å². The molecule has 7 rings (SSSR count). The van der Waals surface area contributed by atoms with Gasteiger partial charge in [0.05, 0.1) is 86.6 Å². The Balaban J connectivity index is 0.810. The van der Waals surface area contributed by atoms with Crippen molar-refractivity contribution in [2.75, 3.05) is 78.5 Å². The average Bonchev–Trinajstić information content (AvgIpc) is 3.48. The van der Waals surface area contributed by atoms with Crippen LogP contribution in [-0.2, 0) is 38.1 Å². The summed E-state index contributed by atoms with van der Waals surface area (Å²) in [7, 11) is 3.79. The van der Waals surface area contributed by atoms with Crippen molar-refractivity contribution >= 4 is 51.6 Å². The van der Waals surface area contributed by atoms with Crippen molar-refractivity contribution in [1.82, 2.24) is 4.90 Å². The lowest BCUT2D eigenvalue weighted by atomic mass is 9.91. The summed E-state index contributed by atoms with van der Waals surface area (Å²) >= 11 is 6.67. The van der Waals surface area contributed by atoms with E-state index in [-0.39, 0.29) is 61.6 Å². The van der Waals surface area contributed by atoms with Crippen LogP contribution in [0.4, 0.5) is 5.69 Å². The topological polar surface area (TPSA) is 184 Å². The molecular formula is C50H52ClN3O12. The van der Waals surface area contributed by atoms with Gasteiger partial charge in [0.1, 0.15) is 41.3 Å². The SMILES string of the molecule is C=C1CC(=O)CCC(N2C(=O)C3=C(C2=O)C(OCCOCCOCCOCCOc2ccc(-c4cc(=O)c5cc(-c6cc(C#N)cc(N(C)C)c6)c(OCC)cc5o4)c(Cl)c2)CCC3)C1=O. The van der Waals surface area contributed by atoms with E-state index in [1.165, 1.54) is 6.07 Å². The Morgan fingerprint density at radius 1 is 0.833 bits per heavy atom. The Morgan fingerprint density at radius 2 is 1.56 bits per heavy atom. The molecule has 2 aliphatic carbocycles. The average molecular weight is 922 g/mol. The Morgan fingerprint density at radius 3 is 2.26 bits per heavy atom. The van der Waals surface area contributed by atoms with Crippen LogP contribution in [0.15, 0.2) is 87.1 Å². The molecule has 2 heterocycles. The van der Waals surface area contributed by atoms with Gasteiger partial charge in [-0.15, -0.1) is 0 Å². The lowest BCUT2D eigenvalue weighted by Gasteiger charge is -2.25. The van der Waals surface area contributed by atoms with E-state index in [1.807, 2.05) is 32.0 Å². The van der Waals surface area contributed by atoms with Crippen LogP contribution in [0.2, 0.25) is 5.02 Å². The summed E-state index contributed by atoms with van der Waals surface area (Å²) < 4.78 is 40.9. The molecule has 3 aromatic carbocycles. The largest absolute Gasteiger partial charge is 0.493 e. The van der Waals surface area contributed by atoms with E-state index in [0.29, 0.717) is 114 Å². The van der Waals surface area contributed by atoms with Crippen molar-refractivity contribution in [1.29, 1.82) is 5.26 Å². The van der Waals surface area contributed by atoms with Gasteiger partial charge in [-0.1, -0.05) is 18.2 Å². The van der Waals surface area contributed by atoms with Crippen LogP contribution >= 0.6 is 11.6 Å². The van der Waals surface area contributed by atoms with Crippen LogP contribution in [0, 0.1) is 11.3 Å². The maximum absolute atomic E-state index is 13.5. The number of ketones is 2. The molecule has 4 aromatic rings. The number of amides is 2. The highest BCUT2D eigenvalue weighted by molar-refractivity contribution is 6.33. The van der Waals surface area contributed by atoms with Crippen molar-refractivity contribution < 1.29 is 52.0 Å². The maximum Gasteiger partial charge on any atom is 0.260 e. The first-order valence-electron chi connectivity index (χ1n) is 22.0. The van der Waals surface area contributed by atoms with Crippen LogP contribution in [0.5, 0.6) is 11.5 Å². The number of hydrogen-bond acceptors (Lipinski definition) is 14. The zero-order chi connectivity index (χ0) is 46.9. The third-order valence-corrected chi connectivity index (χ3v) is 11.8. The predicted molar refractivity (Wildman–Crippen MR) is 246 cm³/mol. The highest BCUT2D eigenvalue weighted by Gasteiger charge is 2.48. The summed E-state index contributed by atoms with van der Waals surface area (Å²) in [4.78, 5) is 68.2. The fourth-order valence-corrected chi connectivity index (χ4v) is 8.53. The number of rotatable bonds is 20. The quantitative estimate of drug-likeness (QED) is 0.0381. The number of carbonyl (C=O) groups is 4. The van der Waals surface area contributed by atoms with Gasteiger partial charge < -0.3 is 37.7 Å². The molecule has 2 atom stereocenters. The molecule has 1 fully saturated rings. The fourth-order valence-electron chi connectivity index (χ4n) is 8.27. The number of anilines is 1. The number of nitriles is 1. The Labute approximate surface area is 387 Å². The highest BCUT2D eigenvalue weighted by atomic mass is 35.5. The molecule has 0 bridgehead atoms.